The van der Waals surface area contributed by atoms with E-state index in [2.05, 4.69) is 16.3 Å². The molecule has 2 heterocycles. The fourth-order valence-electron chi connectivity index (χ4n) is 2.81. The third-order valence-corrected chi connectivity index (χ3v) is 6.11. The van der Waals surface area contributed by atoms with E-state index in [1.807, 2.05) is 24.3 Å². The maximum absolute atomic E-state index is 12.7. The normalized spacial score (nSPS) is 18.7. The molecule has 1 atom stereocenters. The Morgan fingerprint density at radius 3 is 3.00 bits per heavy atom. The van der Waals surface area contributed by atoms with Crippen molar-refractivity contribution in [1.82, 2.24) is 14.6 Å². The molecule has 0 unspecified atom stereocenters. The second-order valence-electron chi connectivity index (χ2n) is 5.81. The first kappa shape index (κ1) is 17.1. The SMILES string of the molecule is C=CS(=O)(=O)NC[C@H]1CCCN(C(=O)c2nc3ccccc3s2)C1. The van der Waals surface area contributed by atoms with Crippen molar-refractivity contribution in [3.05, 3.63) is 41.3 Å². The Kier molecular flexibility index (Phi) is 4.98. The van der Waals surface area contributed by atoms with Gasteiger partial charge in [-0.3, -0.25) is 4.79 Å². The predicted molar refractivity (Wildman–Crippen MR) is 95.4 cm³/mol. The molecule has 0 bridgehead atoms. The minimum atomic E-state index is -3.43. The van der Waals surface area contributed by atoms with Crippen LogP contribution in [0.15, 0.2) is 36.3 Å². The zero-order valence-electron chi connectivity index (χ0n) is 13.1. The molecule has 24 heavy (non-hydrogen) atoms. The van der Waals surface area contributed by atoms with Gasteiger partial charge in [-0.15, -0.1) is 11.3 Å². The molecule has 0 radical (unpaired) electrons. The molecule has 1 N–H and O–H groups in total. The third kappa shape index (κ3) is 3.82. The van der Waals surface area contributed by atoms with E-state index in [4.69, 9.17) is 0 Å². The fraction of sp³-hybridized carbons (Fsp3) is 0.375. The van der Waals surface area contributed by atoms with Crippen LogP contribution in [-0.4, -0.2) is 43.8 Å². The maximum Gasteiger partial charge on any atom is 0.282 e. The number of carbonyl (C=O) groups is 1. The number of nitrogens with one attached hydrogen (secondary N) is 1. The van der Waals surface area contributed by atoms with Crippen LogP contribution in [0.4, 0.5) is 0 Å². The fourth-order valence-corrected chi connectivity index (χ4v) is 4.33. The van der Waals surface area contributed by atoms with E-state index in [0.717, 1.165) is 28.5 Å². The van der Waals surface area contributed by atoms with Crippen LogP contribution in [0, 0.1) is 5.92 Å². The summed E-state index contributed by atoms with van der Waals surface area (Å²) in [7, 11) is -3.43. The van der Waals surface area contributed by atoms with Crippen molar-refractivity contribution < 1.29 is 13.2 Å². The van der Waals surface area contributed by atoms with Gasteiger partial charge in [-0.25, -0.2) is 18.1 Å². The molecule has 1 aromatic heterocycles. The summed E-state index contributed by atoms with van der Waals surface area (Å²) in [5.41, 5.74) is 0.832. The predicted octanol–water partition coefficient (Wildman–Crippen LogP) is 2.21. The zero-order chi connectivity index (χ0) is 17.2. The van der Waals surface area contributed by atoms with Gasteiger partial charge in [0.25, 0.3) is 5.91 Å². The molecular formula is C16H19N3O3S2. The highest BCUT2D eigenvalue weighted by molar-refractivity contribution is 7.92. The number of sulfonamides is 1. The second kappa shape index (κ2) is 7.00. The van der Waals surface area contributed by atoms with Crippen LogP contribution in [0.1, 0.15) is 22.6 Å². The Bertz CT molecular complexity index is 827. The molecule has 2 aromatic rings. The lowest BCUT2D eigenvalue weighted by atomic mass is 9.98. The van der Waals surface area contributed by atoms with Gasteiger partial charge >= 0.3 is 0 Å². The smallest absolute Gasteiger partial charge is 0.282 e. The van der Waals surface area contributed by atoms with Crippen molar-refractivity contribution in [2.75, 3.05) is 19.6 Å². The summed E-state index contributed by atoms with van der Waals surface area (Å²) in [6.45, 7) is 4.81. The van der Waals surface area contributed by atoms with Gasteiger partial charge in [-0.1, -0.05) is 18.7 Å². The van der Waals surface area contributed by atoms with E-state index in [1.54, 1.807) is 4.90 Å². The number of hydrogen-bond donors (Lipinski definition) is 1. The molecule has 1 aliphatic rings. The Morgan fingerprint density at radius 2 is 2.25 bits per heavy atom. The van der Waals surface area contributed by atoms with Crippen molar-refractivity contribution in [1.29, 1.82) is 0 Å². The number of para-hydroxylation sites is 1. The summed E-state index contributed by atoms with van der Waals surface area (Å²) in [6, 6.07) is 7.68. The zero-order valence-corrected chi connectivity index (χ0v) is 14.8. The number of rotatable bonds is 5. The van der Waals surface area contributed by atoms with Crippen LogP contribution in [0.2, 0.25) is 0 Å². The molecule has 0 aliphatic carbocycles. The Morgan fingerprint density at radius 1 is 1.46 bits per heavy atom. The van der Waals surface area contributed by atoms with Crippen molar-refractivity contribution in [2.45, 2.75) is 12.8 Å². The number of amides is 1. The summed E-state index contributed by atoms with van der Waals surface area (Å²) >= 11 is 1.39. The quantitative estimate of drug-likeness (QED) is 0.881. The minimum Gasteiger partial charge on any atom is -0.336 e. The number of piperidine rings is 1. The average molecular weight is 365 g/mol. The molecule has 128 valence electrons. The molecule has 0 saturated carbocycles. The van der Waals surface area contributed by atoms with Crippen LogP contribution in [0.5, 0.6) is 0 Å². The Balaban J connectivity index is 1.67. The standard InChI is InChI=1S/C16H19N3O3S2/c1-2-24(21,22)17-10-12-6-5-9-19(11-12)16(20)15-18-13-7-3-4-8-14(13)23-15/h2-4,7-8,12,17H,1,5-6,9-11H2/t12-/m1/s1. The average Bonchev–Trinajstić information content (AvgIpc) is 3.04. The number of aromatic nitrogens is 1. The number of hydrogen-bond acceptors (Lipinski definition) is 5. The first-order valence-corrected chi connectivity index (χ1v) is 10.1. The highest BCUT2D eigenvalue weighted by Gasteiger charge is 2.27. The number of nitrogens with zero attached hydrogens (tertiary/aromatic N) is 2. The lowest BCUT2D eigenvalue weighted by Gasteiger charge is -2.32. The van der Waals surface area contributed by atoms with E-state index >= 15 is 0 Å². The van der Waals surface area contributed by atoms with Crippen molar-refractivity contribution in [2.24, 2.45) is 5.92 Å². The highest BCUT2D eigenvalue weighted by atomic mass is 32.2. The summed E-state index contributed by atoms with van der Waals surface area (Å²) in [5, 5.41) is 1.39. The summed E-state index contributed by atoms with van der Waals surface area (Å²) in [6.07, 6.45) is 1.75. The van der Waals surface area contributed by atoms with Crippen LogP contribution >= 0.6 is 11.3 Å². The highest BCUT2D eigenvalue weighted by Crippen LogP contribution is 2.24. The van der Waals surface area contributed by atoms with Gasteiger partial charge in [0.1, 0.15) is 0 Å². The van der Waals surface area contributed by atoms with Crippen molar-refractivity contribution in [3.63, 3.8) is 0 Å². The molecule has 0 spiro atoms. The van der Waals surface area contributed by atoms with Gasteiger partial charge in [-0.05, 0) is 30.9 Å². The molecular weight excluding hydrogens is 346 g/mol. The summed E-state index contributed by atoms with van der Waals surface area (Å²) < 4.78 is 26.4. The first-order chi connectivity index (χ1) is 11.5. The van der Waals surface area contributed by atoms with Crippen molar-refractivity contribution >= 4 is 37.5 Å². The molecule has 1 fully saturated rings. The van der Waals surface area contributed by atoms with Crippen LogP contribution < -0.4 is 4.72 Å². The number of carbonyl (C=O) groups excluding carboxylic acids is 1. The Labute approximate surface area is 145 Å². The van der Waals surface area contributed by atoms with E-state index in [1.165, 1.54) is 11.3 Å². The van der Waals surface area contributed by atoms with Gasteiger partial charge in [0.2, 0.25) is 10.0 Å². The maximum atomic E-state index is 12.7. The molecule has 1 saturated heterocycles. The van der Waals surface area contributed by atoms with Crippen LogP contribution in [0.25, 0.3) is 10.2 Å². The molecule has 1 aromatic carbocycles. The van der Waals surface area contributed by atoms with E-state index in [0.29, 0.717) is 24.6 Å². The van der Waals surface area contributed by atoms with Crippen LogP contribution in [-0.2, 0) is 10.0 Å². The number of benzene rings is 1. The van der Waals surface area contributed by atoms with Crippen LogP contribution in [0.3, 0.4) is 0 Å². The van der Waals surface area contributed by atoms with Gasteiger partial charge in [0, 0.05) is 25.0 Å². The van der Waals surface area contributed by atoms with E-state index < -0.39 is 10.0 Å². The molecule has 6 nitrogen and oxygen atoms in total. The molecule has 8 heteroatoms. The Hall–Kier alpha value is -1.77. The lowest BCUT2D eigenvalue weighted by molar-refractivity contribution is 0.0676. The van der Waals surface area contributed by atoms with Gasteiger partial charge in [0.15, 0.2) is 5.01 Å². The third-order valence-electron chi connectivity index (χ3n) is 4.08. The van der Waals surface area contributed by atoms with Gasteiger partial charge < -0.3 is 4.90 Å². The monoisotopic (exact) mass is 365 g/mol. The second-order valence-corrected chi connectivity index (χ2v) is 8.55. The van der Waals surface area contributed by atoms with Gasteiger partial charge in [0.05, 0.1) is 10.2 Å². The topological polar surface area (TPSA) is 79.4 Å². The number of fused-ring (bicyclic) bond motifs is 1. The summed E-state index contributed by atoms with van der Waals surface area (Å²) in [4.78, 5) is 18.9. The van der Waals surface area contributed by atoms with E-state index in [9.17, 15) is 13.2 Å². The van der Waals surface area contributed by atoms with Crippen molar-refractivity contribution in [3.8, 4) is 0 Å². The van der Waals surface area contributed by atoms with E-state index in [-0.39, 0.29) is 11.8 Å². The minimum absolute atomic E-state index is 0.0764. The number of thiazole rings is 1. The lowest BCUT2D eigenvalue weighted by Crippen LogP contribution is -2.43. The number of likely N-dealkylation sites (tertiary alicyclic amines) is 1. The molecule has 1 aliphatic heterocycles. The van der Waals surface area contributed by atoms with Gasteiger partial charge in [-0.2, -0.15) is 0 Å². The first-order valence-electron chi connectivity index (χ1n) is 7.75. The molecule has 1 amide bonds. The largest absolute Gasteiger partial charge is 0.336 e. The molecule has 3 rings (SSSR count). The summed E-state index contributed by atoms with van der Waals surface area (Å²) in [5.74, 6) is 0.0271.